The summed E-state index contributed by atoms with van der Waals surface area (Å²) < 4.78 is 55.9. The molecule has 0 amide bonds. The minimum atomic E-state index is -3.58. The van der Waals surface area contributed by atoms with Crippen LogP contribution in [0.2, 0.25) is 0 Å². The number of nitrogens with one attached hydrogen (secondary N) is 1. The van der Waals surface area contributed by atoms with Crippen molar-refractivity contribution in [3.8, 4) is 0 Å². The standard InChI is InChI=1S/C28H31N5O2S.C19H21N5O2S.2CH4/c1-22-14-16-25(17-15-22)36(34,35)32-20-18-28(19-21-32,24-12-8-5-9-13-24)26-29-31-33(30-26)27(2,3)23-10-6-4-7-11-23;1-15-7-9-17(10-8-15)27(25,26)24-13-11-19(12-14-24,18-20-22-23-21-18)16-5-3-2-4-6-16;;/h4-17H,18-21H2,1-3H3;2-10H,11-14H2,1H3,(H,20,21,22,23);2*1H4. The number of aryl methyl sites for hydroxylation is 2. The van der Waals surface area contributed by atoms with Crippen molar-refractivity contribution in [1.29, 1.82) is 0 Å². The molecule has 0 atom stereocenters. The zero-order chi connectivity index (χ0) is 44.3. The molecule has 5 aromatic carbocycles. The monoisotopic (exact) mass is 916 g/mol. The Labute approximate surface area is 384 Å². The summed E-state index contributed by atoms with van der Waals surface area (Å²) in [6.07, 6.45) is 2.34. The number of tetrazole rings is 2. The number of hydrogen-bond acceptors (Lipinski definition) is 10. The summed E-state index contributed by atoms with van der Waals surface area (Å²) in [6, 6.07) is 44.3. The lowest BCUT2D eigenvalue weighted by atomic mass is 9.72. The number of aromatic amines is 1. The van der Waals surface area contributed by atoms with Crippen LogP contribution in [0.25, 0.3) is 0 Å². The van der Waals surface area contributed by atoms with Crippen LogP contribution >= 0.6 is 0 Å². The summed E-state index contributed by atoms with van der Waals surface area (Å²) in [4.78, 5) is 2.34. The second kappa shape index (κ2) is 19.7. The van der Waals surface area contributed by atoms with Crippen molar-refractivity contribution >= 4 is 20.0 Å². The maximum absolute atomic E-state index is 13.4. The highest BCUT2D eigenvalue weighted by Crippen LogP contribution is 2.43. The van der Waals surface area contributed by atoms with Gasteiger partial charge in [0.2, 0.25) is 20.0 Å². The minimum absolute atomic E-state index is 0. The zero-order valence-corrected chi connectivity index (χ0v) is 37.5. The minimum Gasteiger partial charge on any atom is -0.207 e. The Balaban J connectivity index is 0.000000217. The molecular weight excluding hydrogens is 857 g/mol. The molecule has 0 unspecified atom stereocenters. The Morgan fingerprint density at radius 1 is 0.538 bits per heavy atom. The molecule has 2 fully saturated rings. The summed E-state index contributed by atoms with van der Waals surface area (Å²) in [6.45, 7) is 9.59. The van der Waals surface area contributed by atoms with Crippen LogP contribution < -0.4 is 0 Å². The maximum Gasteiger partial charge on any atom is 0.243 e. The van der Waals surface area contributed by atoms with E-state index in [0.29, 0.717) is 73.3 Å². The van der Waals surface area contributed by atoms with Gasteiger partial charge in [-0.25, -0.2) is 16.8 Å². The molecule has 0 saturated carbocycles. The third-order valence-corrected chi connectivity index (χ3v) is 16.5. The normalized spacial score (nSPS) is 16.6. The maximum atomic E-state index is 13.4. The van der Waals surface area contributed by atoms with Gasteiger partial charge in [0.15, 0.2) is 11.6 Å². The van der Waals surface area contributed by atoms with Gasteiger partial charge in [0.05, 0.1) is 20.6 Å². The van der Waals surface area contributed by atoms with Gasteiger partial charge < -0.3 is 0 Å². The molecule has 2 aliphatic heterocycles. The third-order valence-electron chi connectivity index (χ3n) is 12.7. The Morgan fingerprint density at radius 2 is 0.938 bits per heavy atom. The number of H-pyrrole nitrogens is 1. The number of piperidine rings is 2. The van der Waals surface area contributed by atoms with Gasteiger partial charge in [-0.1, -0.05) is 146 Å². The number of benzene rings is 5. The summed E-state index contributed by atoms with van der Waals surface area (Å²) in [7, 11) is -7.09. The Bertz CT molecular complexity index is 2810. The first-order valence-corrected chi connectivity index (χ1v) is 24.0. The molecule has 0 aliphatic carbocycles. The highest BCUT2D eigenvalue weighted by Gasteiger charge is 2.46. The SMILES string of the molecule is C.C.Cc1ccc(S(=O)(=O)N2CCC(c3ccccc3)(c3nn[nH]n3)CC2)cc1.Cc1ccc(S(=O)(=O)N2CCC(c3ccccc3)(c3nnn(C(C)(C)c4ccccc4)n3)CC2)cc1. The molecule has 1 N–H and O–H groups in total. The van der Waals surface area contributed by atoms with Crippen LogP contribution in [-0.4, -0.2) is 92.5 Å². The molecule has 0 bridgehead atoms. The van der Waals surface area contributed by atoms with Gasteiger partial charge in [0, 0.05) is 26.2 Å². The van der Waals surface area contributed by atoms with E-state index in [1.807, 2.05) is 105 Å². The zero-order valence-electron chi connectivity index (χ0n) is 35.9. The summed E-state index contributed by atoms with van der Waals surface area (Å²) in [5.41, 5.74) is 3.87. The largest absolute Gasteiger partial charge is 0.243 e. The van der Waals surface area contributed by atoms with E-state index in [1.54, 1.807) is 37.7 Å². The molecule has 4 heterocycles. The average Bonchev–Trinajstić information content (AvgIpc) is 4.06. The van der Waals surface area contributed by atoms with E-state index < -0.39 is 36.4 Å². The number of nitrogens with zero attached hydrogens (tertiary/aromatic N) is 9. The van der Waals surface area contributed by atoms with Gasteiger partial charge in [-0.2, -0.15) is 18.6 Å². The Hall–Kier alpha value is -5.94. The van der Waals surface area contributed by atoms with Crippen LogP contribution in [0.3, 0.4) is 0 Å². The predicted octanol–water partition coefficient (Wildman–Crippen LogP) is 8.09. The van der Waals surface area contributed by atoms with Crippen molar-refractivity contribution in [2.45, 2.75) is 94.4 Å². The van der Waals surface area contributed by atoms with Gasteiger partial charge >= 0.3 is 0 Å². The molecule has 342 valence electrons. The average molecular weight is 917 g/mol. The van der Waals surface area contributed by atoms with Crippen molar-refractivity contribution in [3.05, 3.63) is 179 Å². The molecule has 2 aromatic heterocycles. The van der Waals surface area contributed by atoms with Crippen LogP contribution in [0.15, 0.2) is 149 Å². The lowest BCUT2D eigenvalue weighted by Gasteiger charge is -2.39. The molecule has 16 heteroatoms. The number of aromatic nitrogens is 8. The number of rotatable bonds is 10. The summed E-state index contributed by atoms with van der Waals surface area (Å²) >= 11 is 0. The second-order valence-electron chi connectivity index (χ2n) is 16.9. The summed E-state index contributed by atoms with van der Waals surface area (Å²) in [5.74, 6) is 1.24. The van der Waals surface area contributed by atoms with Gasteiger partial charge in [0.25, 0.3) is 0 Å². The van der Waals surface area contributed by atoms with Gasteiger partial charge in [0.1, 0.15) is 5.54 Å². The fourth-order valence-electron chi connectivity index (χ4n) is 8.70. The van der Waals surface area contributed by atoms with E-state index >= 15 is 0 Å². The van der Waals surface area contributed by atoms with Crippen molar-refractivity contribution in [2.24, 2.45) is 0 Å². The number of hydrogen-bond donors (Lipinski definition) is 1. The molecule has 9 rings (SSSR count). The Kier molecular flexibility index (Phi) is 14.7. The molecule has 0 spiro atoms. The molecule has 0 radical (unpaired) electrons. The first kappa shape index (κ1) is 48.5. The molecule has 7 aromatic rings. The van der Waals surface area contributed by atoms with E-state index in [2.05, 4.69) is 69.0 Å². The van der Waals surface area contributed by atoms with Gasteiger partial charge in [-0.05, 0) is 99.5 Å². The third kappa shape index (κ3) is 9.57. The molecule has 65 heavy (non-hydrogen) atoms. The fraction of sp³-hybridized carbons (Fsp3) is 0.347. The van der Waals surface area contributed by atoms with Crippen molar-refractivity contribution in [1.82, 2.24) is 49.4 Å². The van der Waals surface area contributed by atoms with Crippen molar-refractivity contribution < 1.29 is 16.8 Å². The van der Waals surface area contributed by atoms with Crippen molar-refractivity contribution in [2.75, 3.05) is 26.2 Å². The summed E-state index contributed by atoms with van der Waals surface area (Å²) in [5, 5.41) is 28.7. The van der Waals surface area contributed by atoms with Gasteiger partial charge in [-0.3, -0.25) is 0 Å². The lowest BCUT2D eigenvalue weighted by Crippen LogP contribution is -2.46. The first-order chi connectivity index (χ1) is 30.3. The lowest BCUT2D eigenvalue weighted by molar-refractivity contribution is 0.254. The Morgan fingerprint density at radius 3 is 1.34 bits per heavy atom. The predicted molar refractivity (Wildman–Crippen MR) is 253 cm³/mol. The quantitative estimate of drug-likeness (QED) is 0.141. The number of sulfonamides is 2. The van der Waals surface area contributed by atoms with E-state index in [4.69, 9.17) is 5.10 Å². The van der Waals surface area contributed by atoms with Crippen molar-refractivity contribution in [3.63, 3.8) is 0 Å². The van der Waals surface area contributed by atoms with E-state index in [9.17, 15) is 16.8 Å². The molecule has 2 saturated heterocycles. The smallest absolute Gasteiger partial charge is 0.207 e. The van der Waals surface area contributed by atoms with Gasteiger partial charge in [-0.15, -0.1) is 20.4 Å². The molecular formula is C49H60N10O4S2. The van der Waals surface area contributed by atoms with Crippen LogP contribution in [0.1, 0.15) is 93.9 Å². The highest BCUT2D eigenvalue weighted by atomic mass is 32.2. The second-order valence-corrected chi connectivity index (χ2v) is 20.8. The molecule has 2 aliphatic rings. The van der Waals surface area contributed by atoms with E-state index in [0.717, 1.165) is 27.8 Å². The topological polar surface area (TPSA) is 173 Å². The molecule has 14 nitrogen and oxygen atoms in total. The van der Waals surface area contributed by atoms with E-state index in [-0.39, 0.29) is 14.9 Å². The fourth-order valence-corrected chi connectivity index (χ4v) is 11.6. The first-order valence-electron chi connectivity index (χ1n) is 21.1. The highest BCUT2D eigenvalue weighted by molar-refractivity contribution is 7.89. The van der Waals surface area contributed by atoms with Crippen LogP contribution in [0, 0.1) is 13.8 Å². The van der Waals surface area contributed by atoms with Crippen LogP contribution in [0.5, 0.6) is 0 Å². The van der Waals surface area contributed by atoms with Crippen LogP contribution in [-0.2, 0) is 36.4 Å². The van der Waals surface area contributed by atoms with E-state index in [1.165, 1.54) is 0 Å². The van der Waals surface area contributed by atoms with Crippen LogP contribution in [0.4, 0.5) is 0 Å².